The van der Waals surface area contributed by atoms with Crippen LogP contribution in [-0.2, 0) is 15.6 Å². The first kappa shape index (κ1) is 20.5. The summed E-state index contributed by atoms with van der Waals surface area (Å²) in [6, 6.07) is 17.0. The Hall–Kier alpha value is -3.19. The number of rotatable bonds is 6. The van der Waals surface area contributed by atoms with Crippen LogP contribution in [0.3, 0.4) is 0 Å². The molecule has 0 fully saturated rings. The number of benzene rings is 2. The lowest BCUT2D eigenvalue weighted by molar-refractivity contribution is 0.0925. The average Bonchev–Trinajstić information content (AvgIpc) is 3.16. The second-order valence-electron chi connectivity index (χ2n) is 6.79. The zero-order valence-corrected chi connectivity index (χ0v) is 17.3. The predicted octanol–water partition coefficient (Wildman–Crippen LogP) is 4.02. The number of carbonyl (C=O) groups is 1. The molecule has 3 aromatic rings. The fourth-order valence-corrected chi connectivity index (χ4v) is 4.12. The molecule has 1 heterocycles. The van der Waals surface area contributed by atoms with E-state index in [-0.39, 0.29) is 22.2 Å². The minimum atomic E-state index is -3.55. The van der Waals surface area contributed by atoms with Crippen molar-refractivity contribution < 1.29 is 17.6 Å². The van der Waals surface area contributed by atoms with Gasteiger partial charge in [-0.2, -0.15) is 5.10 Å². The number of hydrogen-bond donors (Lipinski definition) is 1. The number of nitrogens with one attached hydrogen (secondary N) is 1. The number of hydrazone groups is 1. The van der Waals surface area contributed by atoms with E-state index in [4.69, 9.17) is 4.42 Å². The number of nitrogens with zero attached hydrogens (tertiary/aromatic N) is 1. The molecule has 3 rings (SSSR count). The van der Waals surface area contributed by atoms with Crippen LogP contribution in [0.25, 0.3) is 0 Å². The van der Waals surface area contributed by atoms with Gasteiger partial charge in [-0.1, -0.05) is 35.9 Å². The molecule has 0 unspecified atom stereocenters. The third-order valence-corrected chi connectivity index (χ3v) is 6.08. The molecule has 1 amide bonds. The summed E-state index contributed by atoms with van der Waals surface area (Å²) < 4.78 is 30.3. The number of carbonyl (C=O) groups excluding carboxylic acids is 1. The normalized spacial score (nSPS) is 12.0. The van der Waals surface area contributed by atoms with Crippen molar-refractivity contribution in [2.75, 3.05) is 0 Å². The van der Waals surface area contributed by atoms with E-state index in [0.29, 0.717) is 5.71 Å². The van der Waals surface area contributed by atoms with E-state index in [9.17, 15) is 13.2 Å². The maximum atomic E-state index is 12.4. The molecule has 2 aromatic carbocycles. The van der Waals surface area contributed by atoms with E-state index >= 15 is 0 Å². The first-order valence-corrected chi connectivity index (χ1v) is 10.7. The number of amides is 1. The summed E-state index contributed by atoms with van der Waals surface area (Å²) in [5.74, 6) is -0.678. The van der Waals surface area contributed by atoms with Crippen molar-refractivity contribution in [1.29, 1.82) is 0 Å². The zero-order chi connectivity index (χ0) is 21.0. The maximum absolute atomic E-state index is 12.4. The van der Waals surface area contributed by atoms with Crippen molar-refractivity contribution >= 4 is 21.5 Å². The topological polar surface area (TPSA) is 88.7 Å². The quantitative estimate of drug-likeness (QED) is 0.491. The lowest BCUT2D eigenvalue weighted by atomic mass is 10.0. The van der Waals surface area contributed by atoms with Gasteiger partial charge in [-0.05, 0) is 56.7 Å². The van der Waals surface area contributed by atoms with Crippen molar-refractivity contribution in [2.45, 2.75) is 31.4 Å². The van der Waals surface area contributed by atoms with Crippen LogP contribution in [0.4, 0.5) is 0 Å². The molecule has 0 aliphatic carbocycles. The van der Waals surface area contributed by atoms with Gasteiger partial charge in [0.25, 0.3) is 0 Å². The van der Waals surface area contributed by atoms with Gasteiger partial charge in [0, 0.05) is 5.56 Å². The molecule has 0 atom stereocenters. The van der Waals surface area contributed by atoms with Gasteiger partial charge in [0.15, 0.2) is 15.6 Å². The second-order valence-corrected chi connectivity index (χ2v) is 8.78. The molecule has 0 spiro atoms. The Bertz CT molecular complexity index is 1160. The Morgan fingerprint density at radius 1 is 1.03 bits per heavy atom. The highest BCUT2D eigenvalue weighted by Gasteiger charge is 2.19. The smallest absolute Gasteiger partial charge is 0.307 e. The number of hydrogen-bond acceptors (Lipinski definition) is 5. The molecule has 0 radical (unpaired) electrons. The van der Waals surface area contributed by atoms with Crippen molar-refractivity contribution in [3.63, 3.8) is 0 Å². The largest absolute Gasteiger partial charge is 0.455 e. The molecule has 1 N–H and O–H groups in total. The van der Waals surface area contributed by atoms with Crippen LogP contribution in [0.1, 0.15) is 39.9 Å². The summed E-state index contributed by atoms with van der Waals surface area (Å²) in [6.07, 6.45) is 0. The zero-order valence-electron chi connectivity index (χ0n) is 16.5. The first-order valence-electron chi connectivity index (χ1n) is 9.05. The van der Waals surface area contributed by atoms with Gasteiger partial charge in [0.2, 0.25) is 0 Å². The molecule has 1 aromatic heterocycles. The van der Waals surface area contributed by atoms with Gasteiger partial charge in [0.1, 0.15) is 11.5 Å². The third-order valence-electron chi connectivity index (χ3n) is 4.43. The summed E-state index contributed by atoms with van der Waals surface area (Å²) in [5.41, 5.74) is 6.22. The third kappa shape index (κ3) is 5.00. The monoisotopic (exact) mass is 410 g/mol. The minimum Gasteiger partial charge on any atom is -0.455 e. The van der Waals surface area contributed by atoms with Crippen molar-refractivity contribution in [3.05, 3.63) is 88.9 Å². The molecular formula is C22H22N2O4S. The van der Waals surface area contributed by atoms with Gasteiger partial charge < -0.3 is 4.42 Å². The summed E-state index contributed by atoms with van der Waals surface area (Å²) in [4.78, 5) is 12.5. The summed E-state index contributed by atoms with van der Waals surface area (Å²) in [7, 11) is -3.55. The molecule has 0 bridgehead atoms. The van der Waals surface area contributed by atoms with Crippen molar-refractivity contribution in [2.24, 2.45) is 5.10 Å². The van der Waals surface area contributed by atoms with Crippen LogP contribution in [0, 0.1) is 13.8 Å². The summed E-state index contributed by atoms with van der Waals surface area (Å²) in [6.45, 7) is 5.77. The number of sulfone groups is 1. The van der Waals surface area contributed by atoms with Crippen LogP contribution in [0.15, 0.2) is 75.1 Å². The van der Waals surface area contributed by atoms with Crippen molar-refractivity contribution in [1.82, 2.24) is 5.43 Å². The lowest BCUT2D eigenvalue weighted by Gasteiger charge is -2.07. The van der Waals surface area contributed by atoms with Gasteiger partial charge >= 0.3 is 5.91 Å². The lowest BCUT2D eigenvalue weighted by Crippen LogP contribution is -2.19. The van der Waals surface area contributed by atoms with Crippen LogP contribution in [0.2, 0.25) is 0 Å². The van der Waals surface area contributed by atoms with Crippen LogP contribution in [-0.4, -0.2) is 20.0 Å². The Morgan fingerprint density at radius 3 is 2.48 bits per heavy atom. The fourth-order valence-electron chi connectivity index (χ4n) is 2.85. The summed E-state index contributed by atoms with van der Waals surface area (Å²) in [5, 5.41) is 4.14. The van der Waals surface area contributed by atoms with E-state index < -0.39 is 15.7 Å². The van der Waals surface area contributed by atoms with Crippen molar-refractivity contribution in [3.8, 4) is 0 Å². The van der Waals surface area contributed by atoms with Crippen LogP contribution >= 0.6 is 0 Å². The molecular weight excluding hydrogens is 388 g/mol. The predicted molar refractivity (Wildman–Crippen MR) is 112 cm³/mol. The molecule has 29 heavy (non-hydrogen) atoms. The van der Waals surface area contributed by atoms with E-state index in [1.54, 1.807) is 18.2 Å². The molecule has 6 nitrogen and oxygen atoms in total. The highest BCUT2D eigenvalue weighted by molar-refractivity contribution is 7.90. The van der Waals surface area contributed by atoms with Gasteiger partial charge in [-0.3, -0.25) is 4.79 Å². The summed E-state index contributed by atoms with van der Waals surface area (Å²) >= 11 is 0. The van der Waals surface area contributed by atoms with E-state index in [1.165, 1.54) is 24.3 Å². The number of aryl methyl sites for hydroxylation is 2. The van der Waals surface area contributed by atoms with Gasteiger partial charge in [-0.15, -0.1) is 0 Å². The fraction of sp³-hybridized carbons (Fsp3) is 0.182. The molecule has 0 aliphatic heterocycles. The Kier molecular flexibility index (Phi) is 5.98. The van der Waals surface area contributed by atoms with E-state index in [0.717, 1.165) is 16.7 Å². The maximum Gasteiger partial charge on any atom is 0.307 e. The SMILES string of the molecule is C/C(=N/NC(=O)c1ccc(CS(=O)(=O)c2ccccc2)o1)c1cc(C)ccc1C. The molecule has 150 valence electrons. The molecule has 0 saturated heterocycles. The highest BCUT2D eigenvalue weighted by Crippen LogP contribution is 2.18. The number of furan rings is 1. The highest BCUT2D eigenvalue weighted by atomic mass is 32.2. The Labute approximate surface area is 170 Å². The Balaban J connectivity index is 1.70. The van der Waals surface area contributed by atoms with Gasteiger partial charge in [0.05, 0.1) is 10.6 Å². The minimum absolute atomic E-state index is 0.000718. The Morgan fingerprint density at radius 2 is 1.76 bits per heavy atom. The van der Waals surface area contributed by atoms with Crippen LogP contribution in [0.5, 0.6) is 0 Å². The second kappa shape index (κ2) is 8.45. The molecule has 0 saturated carbocycles. The van der Waals surface area contributed by atoms with E-state index in [2.05, 4.69) is 10.5 Å². The molecule has 7 heteroatoms. The van der Waals surface area contributed by atoms with E-state index in [1.807, 2.05) is 39.0 Å². The molecule has 0 aliphatic rings. The average molecular weight is 410 g/mol. The first-order chi connectivity index (χ1) is 13.8. The van der Waals surface area contributed by atoms with Gasteiger partial charge in [-0.25, -0.2) is 13.8 Å². The van der Waals surface area contributed by atoms with Crippen LogP contribution < -0.4 is 5.43 Å². The standard InChI is InChI=1S/C22H22N2O4S/c1-15-9-10-16(2)20(13-15)17(3)23-24-22(25)21-12-11-18(28-21)14-29(26,27)19-7-5-4-6-8-19/h4-13H,14H2,1-3H3,(H,24,25)/b23-17-.